The standard InChI is InChI=1S/C45H36N4O/c1-45(2,3)36-28-39(44(50)47-29-36)43-48-42-38(20-13-21-41(42)49(43)37-18-11-6-12-19-37)34-24-33(31-16-9-5-10-17-31)25-35(26-34)40-27-32(22-23-46-40)30-14-7-4-8-15-30/h4-29H,1-3H3,(H,47,50). The van der Waals surface area contributed by atoms with E-state index in [-0.39, 0.29) is 11.3 Å². The minimum atomic E-state index is -0.162. The van der Waals surface area contributed by atoms with Crippen molar-refractivity contribution in [3.63, 3.8) is 0 Å². The van der Waals surface area contributed by atoms with Crippen molar-refractivity contribution in [3.05, 3.63) is 164 Å². The van der Waals surface area contributed by atoms with Gasteiger partial charge in [-0.3, -0.25) is 9.55 Å². The lowest BCUT2D eigenvalue weighted by molar-refractivity contribution is 0.453. The molecule has 8 rings (SSSR count). The highest BCUT2D eigenvalue weighted by Gasteiger charge is 2.23. The van der Waals surface area contributed by atoms with Crippen LogP contribution >= 0.6 is 0 Å². The predicted octanol–water partition coefficient (Wildman–Crippen LogP) is 11.2. The van der Waals surface area contributed by atoms with E-state index in [0.717, 1.165) is 66.9 Å². The molecule has 5 aromatic carbocycles. The van der Waals surface area contributed by atoms with Gasteiger partial charge in [0.1, 0.15) is 0 Å². The molecule has 3 aromatic heterocycles. The third-order valence-corrected chi connectivity index (χ3v) is 9.19. The van der Waals surface area contributed by atoms with Crippen LogP contribution in [0.15, 0.2) is 158 Å². The topological polar surface area (TPSA) is 63.8 Å². The average Bonchev–Trinajstić information content (AvgIpc) is 3.55. The van der Waals surface area contributed by atoms with Crippen LogP contribution < -0.4 is 0 Å². The van der Waals surface area contributed by atoms with Gasteiger partial charge in [-0.05, 0) is 93.4 Å². The molecule has 0 aliphatic rings. The molecule has 1 N–H and O–H groups in total. The van der Waals surface area contributed by atoms with Gasteiger partial charge in [0.15, 0.2) is 5.82 Å². The molecule has 0 aliphatic carbocycles. The summed E-state index contributed by atoms with van der Waals surface area (Å²) in [5.74, 6) is 0.580. The van der Waals surface area contributed by atoms with Crippen molar-refractivity contribution in [3.8, 4) is 67.6 Å². The Morgan fingerprint density at radius 2 is 1.18 bits per heavy atom. The monoisotopic (exact) mass is 648 g/mol. The predicted molar refractivity (Wildman–Crippen MR) is 204 cm³/mol. The van der Waals surface area contributed by atoms with Crippen LogP contribution in [0.2, 0.25) is 0 Å². The number of nitrogens with zero attached hydrogens (tertiary/aromatic N) is 4. The van der Waals surface area contributed by atoms with Gasteiger partial charge in [0.25, 0.3) is 0 Å². The van der Waals surface area contributed by atoms with Crippen molar-refractivity contribution >= 4 is 11.0 Å². The summed E-state index contributed by atoms with van der Waals surface area (Å²) < 4.78 is 2.12. The number of pyridine rings is 2. The SMILES string of the molecule is CC(C)(C)c1cnc(O)c(-c2nc3c(-c4cc(-c5ccccc5)cc(-c5cc(-c6ccccc6)ccn5)c4)cccc3n2-c2ccccc2)c1. The lowest BCUT2D eigenvalue weighted by Crippen LogP contribution is -2.12. The molecule has 8 aromatic rings. The Balaban J connectivity index is 1.37. The Morgan fingerprint density at radius 3 is 1.88 bits per heavy atom. The van der Waals surface area contributed by atoms with E-state index < -0.39 is 0 Å². The summed E-state index contributed by atoms with van der Waals surface area (Å²) in [6.07, 6.45) is 3.63. The fourth-order valence-corrected chi connectivity index (χ4v) is 6.51. The van der Waals surface area contributed by atoms with E-state index in [1.54, 1.807) is 6.20 Å². The maximum absolute atomic E-state index is 11.2. The van der Waals surface area contributed by atoms with Crippen LogP contribution in [0.4, 0.5) is 0 Å². The van der Waals surface area contributed by atoms with Gasteiger partial charge in [0.05, 0.1) is 22.3 Å². The van der Waals surface area contributed by atoms with Crippen LogP contribution in [-0.2, 0) is 5.41 Å². The van der Waals surface area contributed by atoms with E-state index in [4.69, 9.17) is 9.97 Å². The van der Waals surface area contributed by atoms with Gasteiger partial charge in [-0.1, -0.05) is 112 Å². The number of aromatic nitrogens is 4. The maximum Gasteiger partial charge on any atom is 0.222 e. The van der Waals surface area contributed by atoms with Gasteiger partial charge in [-0.25, -0.2) is 9.97 Å². The second kappa shape index (κ2) is 12.6. The maximum atomic E-state index is 11.2. The summed E-state index contributed by atoms with van der Waals surface area (Å²) in [6.45, 7) is 6.43. The molecule has 0 atom stereocenters. The number of hydrogen-bond donors (Lipinski definition) is 1. The first-order valence-corrected chi connectivity index (χ1v) is 16.8. The van der Waals surface area contributed by atoms with Gasteiger partial charge in [0.2, 0.25) is 5.88 Å². The molecule has 0 fully saturated rings. The van der Waals surface area contributed by atoms with E-state index in [9.17, 15) is 5.11 Å². The number of imidazole rings is 1. The molecule has 0 bridgehead atoms. The smallest absolute Gasteiger partial charge is 0.222 e. The Morgan fingerprint density at radius 1 is 0.540 bits per heavy atom. The zero-order valence-electron chi connectivity index (χ0n) is 28.2. The number of rotatable bonds is 6. The summed E-state index contributed by atoms with van der Waals surface area (Å²) in [6, 6.07) is 50.2. The van der Waals surface area contributed by atoms with Crippen LogP contribution in [0.3, 0.4) is 0 Å². The van der Waals surface area contributed by atoms with Gasteiger partial charge in [0, 0.05) is 29.2 Å². The van der Waals surface area contributed by atoms with E-state index >= 15 is 0 Å². The van der Waals surface area contributed by atoms with Gasteiger partial charge in [-0.15, -0.1) is 0 Å². The summed E-state index contributed by atoms with van der Waals surface area (Å²) in [5.41, 5.74) is 12.5. The molecule has 0 radical (unpaired) electrons. The van der Waals surface area contributed by atoms with Gasteiger partial charge >= 0.3 is 0 Å². The third-order valence-electron chi connectivity index (χ3n) is 9.19. The molecule has 50 heavy (non-hydrogen) atoms. The highest BCUT2D eigenvalue weighted by molar-refractivity contribution is 5.97. The van der Waals surface area contributed by atoms with Crippen LogP contribution in [0, 0.1) is 0 Å². The van der Waals surface area contributed by atoms with Crippen LogP contribution in [-0.4, -0.2) is 24.6 Å². The van der Waals surface area contributed by atoms with Crippen molar-refractivity contribution in [2.45, 2.75) is 26.2 Å². The number of para-hydroxylation sites is 2. The fourth-order valence-electron chi connectivity index (χ4n) is 6.51. The van der Waals surface area contributed by atoms with Crippen molar-refractivity contribution in [1.82, 2.24) is 19.5 Å². The molecular formula is C45H36N4O. The molecule has 0 saturated heterocycles. The van der Waals surface area contributed by atoms with E-state index in [0.29, 0.717) is 11.4 Å². The zero-order chi connectivity index (χ0) is 34.2. The average molecular weight is 649 g/mol. The summed E-state index contributed by atoms with van der Waals surface area (Å²) >= 11 is 0. The second-order valence-corrected chi connectivity index (χ2v) is 13.6. The molecule has 0 saturated carbocycles. The molecule has 242 valence electrons. The number of benzene rings is 5. The first-order valence-electron chi connectivity index (χ1n) is 16.8. The lowest BCUT2D eigenvalue weighted by Gasteiger charge is -2.19. The summed E-state index contributed by atoms with van der Waals surface area (Å²) in [5, 5.41) is 11.2. The van der Waals surface area contributed by atoms with Crippen LogP contribution in [0.25, 0.3) is 72.7 Å². The summed E-state index contributed by atoms with van der Waals surface area (Å²) in [4.78, 5) is 14.6. The van der Waals surface area contributed by atoms with Crippen molar-refractivity contribution in [1.29, 1.82) is 0 Å². The number of hydrogen-bond acceptors (Lipinski definition) is 4. The van der Waals surface area contributed by atoms with Crippen LogP contribution in [0.1, 0.15) is 26.3 Å². The minimum absolute atomic E-state index is 0.0511. The molecule has 0 amide bonds. The largest absolute Gasteiger partial charge is 0.493 e. The Hall–Kier alpha value is -6.33. The lowest BCUT2D eigenvalue weighted by atomic mass is 9.87. The Bertz CT molecular complexity index is 2460. The minimum Gasteiger partial charge on any atom is -0.493 e. The summed E-state index contributed by atoms with van der Waals surface area (Å²) in [7, 11) is 0. The van der Waals surface area contributed by atoms with E-state index in [1.165, 1.54) is 0 Å². The molecule has 5 nitrogen and oxygen atoms in total. The van der Waals surface area contributed by atoms with Crippen molar-refractivity contribution in [2.24, 2.45) is 0 Å². The van der Waals surface area contributed by atoms with E-state index in [2.05, 4.69) is 140 Å². The number of fused-ring (bicyclic) bond motifs is 1. The second-order valence-electron chi connectivity index (χ2n) is 13.6. The zero-order valence-corrected chi connectivity index (χ0v) is 28.2. The molecule has 3 heterocycles. The Kier molecular flexibility index (Phi) is 7.81. The molecule has 0 spiro atoms. The quantitative estimate of drug-likeness (QED) is 0.195. The van der Waals surface area contributed by atoms with E-state index in [1.807, 2.05) is 42.6 Å². The molecule has 0 unspecified atom stereocenters. The van der Waals surface area contributed by atoms with Gasteiger partial charge < -0.3 is 5.11 Å². The first kappa shape index (κ1) is 31.0. The highest BCUT2D eigenvalue weighted by Crippen LogP contribution is 2.40. The molecule has 0 aliphatic heterocycles. The van der Waals surface area contributed by atoms with Crippen molar-refractivity contribution in [2.75, 3.05) is 0 Å². The Labute approximate surface area is 292 Å². The normalized spacial score (nSPS) is 11.6. The third kappa shape index (κ3) is 5.84. The highest BCUT2D eigenvalue weighted by atomic mass is 16.3. The first-order chi connectivity index (χ1) is 24.3. The van der Waals surface area contributed by atoms with Gasteiger partial charge in [-0.2, -0.15) is 0 Å². The van der Waals surface area contributed by atoms with Crippen molar-refractivity contribution < 1.29 is 5.11 Å². The molecule has 5 heteroatoms. The number of aromatic hydroxyl groups is 1. The fraction of sp³-hybridized carbons (Fsp3) is 0.0889. The van der Waals surface area contributed by atoms with Crippen LogP contribution in [0.5, 0.6) is 5.88 Å². The molecular weight excluding hydrogens is 613 g/mol.